The van der Waals surface area contributed by atoms with Crippen molar-refractivity contribution in [1.29, 1.82) is 0 Å². The molecule has 0 aliphatic carbocycles. The fourth-order valence-corrected chi connectivity index (χ4v) is 1.82. The van der Waals surface area contributed by atoms with E-state index in [1.165, 1.54) is 30.5 Å². The molecule has 0 aromatic heterocycles. The molecule has 0 atom stereocenters. The Morgan fingerprint density at radius 1 is 1.70 bits per heavy atom. The summed E-state index contributed by atoms with van der Waals surface area (Å²) in [7, 11) is 0. The molecule has 1 aliphatic rings. The number of nitrogens with zero attached hydrogens (tertiary/aromatic N) is 1. The second-order valence-corrected chi connectivity index (χ2v) is 3.87. The van der Waals surface area contributed by atoms with E-state index in [2.05, 4.69) is 40.5 Å². The van der Waals surface area contributed by atoms with Gasteiger partial charge < -0.3 is 0 Å². The van der Waals surface area contributed by atoms with Crippen LogP contribution < -0.4 is 0 Å². The van der Waals surface area contributed by atoms with E-state index in [1.807, 2.05) is 0 Å². The Labute approximate surface area is 76.6 Å². The topological polar surface area (TPSA) is 3.24 Å². The van der Waals surface area contributed by atoms with Crippen molar-refractivity contribution in [3.63, 3.8) is 0 Å². The molecule has 0 amide bonds. The molecule has 0 aromatic rings. The van der Waals surface area contributed by atoms with Crippen molar-refractivity contribution in [2.45, 2.75) is 13.3 Å². The molecule has 0 spiro atoms. The highest BCUT2D eigenvalue weighted by atomic mass is 127. The van der Waals surface area contributed by atoms with E-state index in [9.17, 15) is 0 Å². The minimum absolute atomic E-state index is 1.18. The summed E-state index contributed by atoms with van der Waals surface area (Å²) < 4.78 is 1.25. The molecule has 1 nitrogen and oxygen atoms in total. The summed E-state index contributed by atoms with van der Waals surface area (Å²) in [6, 6.07) is 0. The van der Waals surface area contributed by atoms with Crippen LogP contribution in [0.15, 0.2) is 11.6 Å². The van der Waals surface area contributed by atoms with E-state index in [0.29, 0.717) is 0 Å². The Balaban J connectivity index is 2.27. The first kappa shape index (κ1) is 8.53. The zero-order chi connectivity index (χ0) is 7.40. The molecule has 10 heavy (non-hydrogen) atoms. The molecule has 0 saturated heterocycles. The quantitative estimate of drug-likeness (QED) is 0.412. The number of halogens is 1. The Kier molecular flexibility index (Phi) is 3.70. The third kappa shape index (κ3) is 2.58. The SMILES string of the molecule is CC1=CCN(CCI)CC1. The van der Waals surface area contributed by atoms with Gasteiger partial charge in [0.05, 0.1) is 0 Å². The number of hydrogen-bond acceptors (Lipinski definition) is 1. The highest BCUT2D eigenvalue weighted by molar-refractivity contribution is 14.1. The van der Waals surface area contributed by atoms with Gasteiger partial charge in [-0.05, 0) is 13.3 Å². The first-order valence-electron chi connectivity index (χ1n) is 3.77. The van der Waals surface area contributed by atoms with Crippen molar-refractivity contribution in [3.05, 3.63) is 11.6 Å². The Morgan fingerprint density at radius 3 is 3.00 bits per heavy atom. The summed E-state index contributed by atoms with van der Waals surface area (Å²) >= 11 is 2.43. The van der Waals surface area contributed by atoms with Crippen molar-refractivity contribution < 1.29 is 0 Å². The largest absolute Gasteiger partial charge is 0.299 e. The van der Waals surface area contributed by atoms with Gasteiger partial charge >= 0.3 is 0 Å². The Morgan fingerprint density at radius 2 is 2.50 bits per heavy atom. The third-order valence-electron chi connectivity index (χ3n) is 1.92. The number of rotatable bonds is 2. The summed E-state index contributed by atoms with van der Waals surface area (Å²) in [5.41, 5.74) is 1.56. The van der Waals surface area contributed by atoms with Crippen LogP contribution in [0.25, 0.3) is 0 Å². The second-order valence-electron chi connectivity index (χ2n) is 2.79. The van der Waals surface area contributed by atoms with Crippen molar-refractivity contribution in [2.75, 3.05) is 24.1 Å². The molecule has 0 aromatic carbocycles. The highest BCUT2D eigenvalue weighted by Gasteiger charge is 2.06. The second kappa shape index (κ2) is 4.34. The van der Waals surface area contributed by atoms with Gasteiger partial charge in [0.15, 0.2) is 0 Å². The molecule has 1 heterocycles. The van der Waals surface area contributed by atoms with Crippen LogP contribution in [0.4, 0.5) is 0 Å². The Hall–Kier alpha value is 0.430. The van der Waals surface area contributed by atoms with Gasteiger partial charge in [-0.1, -0.05) is 34.2 Å². The lowest BCUT2D eigenvalue weighted by Gasteiger charge is -2.23. The fraction of sp³-hybridized carbons (Fsp3) is 0.750. The van der Waals surface area contributed by atoms with Gasteiger partial charge in [0.2, 0.25) is 0 Å². The van der Waals surface area contributed by atoms with Crippen molar-refractivity contribution in [3.8, 4) is 0 Å². The van der Waals surface area contributed by atoms with Crippen LogP contribution in [0.5, 0.6) is 0 Å². The van der Waals surface area contributed by atoms with Crippen LogP contribution in [0.2, 0.25) is 0 Å². The molecule has 2 heteroatoms. The first-order valence-corrected chi connectivity index (χ1v) is 5.29. The zero-order valence-corrected chi connectivity index (χ0v) is 8.60. The van der Waals surface area contributed by atoms with Gasteiger partial charge in [-0.25, -0.2) is 0 Å². The van der Waals surface area contributed by atoms with Crippen molar-refractivity contribution >= 4 is 22.6 Å². The van der Waals surface area contributed by atoms with Crippen LogP contribution >= 0.6 is 22.6 Å². The van der Waals surface area contributed by atoms with E-state index >= 15 is 0 Å². The molecule has 58 valence electrons. The van der Waals surface area contributed by atoms with Gasteiger partial charge in [-0.3, -0.25) is 4.90 Å². The van der Waals surface area contributed by atoms with Gasteiger partial charge in [0.25, 0.3) is 0 Å². The molecule has 0 radical (unpaired) electrons. The molecule has 0 unspecified atom stereocenters. The average molecular weight is 251 g/mol. The standard InChI is InChI=1S/C8H14IN/c1-8-2-5-10(6-3-8)7-4-9/h2H,3-7H2,1H3. The van der Waals surface area contributed by atoms with E-state index < -0.39 is 0 Å². The maximum atomic E-state index is 2.50. The van der Waals surface area contributed by atoms with Crippen molar-refractivity contribution in [2.24, 2.45) is 0 Å². The maximum Gasteiger partial charge on any atom is 0.0166 e. The van der Waals surface area contributed by atoms with Crippen molar-refractivity contribution in [1.82, 2.24) is 4.90 Å². The van der Waals surface area contributed by atoms with E-state index in [4.69, 9.17) is 0 Å². The van der Waals surface area contributed by atoms with E-state index in [1.54, 1.807) is 5.57 Å². The molecule has 1 aliphatic heterocycles. The lowest BCUT2D eigenvalue weighted by Crippen LogP contribution is -2.29. The summed E-state index contributed by atoms with van der Waals surface area (Å²) in [4.78, 5) is 2.50. The fourth-order valence-electron chi connectivity index (χ4n) is 1.14. The van der Waals surface area contributed by atoms with Gasteiger partial charge in [-0.2, -0.15) is 0 Å². The third-order valence-corrected chi connectivity index (χ3v) is 2.40. The molecule has 1 rings (SSSR count). The molecule has 0 fully saturated rings. The van der Waals surface area contributed by atoms with Gasteiger partial charge in [-0.15, -0.1) is 0 Å². The summed E-state index contributed by atoms with van der Waals surface area (Å²) in [5.74, 6) is 0. The molecular formula is C8H14IN. The lowest BCUT2D eigenvalue weighted by molar-refractivity contribution is 0.314. The maximum absolute atomic E-state index is 2.50. The van der Waals surface area contributed by atoms with Crippen LogP contribution in [-0.4, -0.2) is 29.0 Å². The minimum atomic E-state index is 1.18. The van der Waals surface area contributed by atoms with Gasteiger partial charge in [0, 0.05) is 24.1 Å². The molecule has 0 bridgehead atoms. The number of hydrogen-bond donors (Lipinski definition) is 0. The van der Waals surface area contributed by atoms with Crippen LogP contribution in [0, 0.1) is 0 Å². The molecular weight excluding hydrogens is 237 g/mol. The summed E-state index contributed by atoms with van der Waals surface area (Å²) in [6.45, 7) is 5.92. The predicted octanol–water partition coefficient (Wildman–Crippen LogP) is 2.07. The zero-order valence-electron chi connectivity index (χ0n) is 6.44. The summed E-state index contributed by atoms with van der Waals surface area (Å²) in [6.07, 6.45) is 3.62. The summed E-state index contributed by atoms with van der Waals surface area (Å²) in [5, 5.41) is 0. The first-order chi connectivity index (χ1) is 4.83. The van der Waals surface area contributed by atoms with Crippen LogP contribution in [0.1, 0.15) is 13.3 Å². The van der Waals surface area contributed by atoms with Crippen LogP contribution in [-0.2, 0) is 0 Å². The normalized spacial score (nSPS) is 20.8. The van der Waals surface area contributed by atoms with E-state index in [-0.39, 0.29) is 0 Å². The predicted molar refractivity (Wildman–Crippen MR) is 53.7 cm³/mol. The average Bonchev–Trinajstić information content (AvgIpc) is 1.95. The lowest BCUT2D eigenvalue weighted by atomic mass is 10.1. The van der Waals surface area contributed by atoms with Gasteiger partial charge in [0.1, 0.15) is 0 Å². The monoisotopic (exact) mass is 251 g/mol. The number of alkyl halides is 1. The Bertz CT molecular complexity index is 131. The minimum Gasteiger partial charge on any atom is -0.299 e. The van der Waals surface area contributed by atoms with E-state index in [0.717, 1.165) is 0 Å². The highest BCUT2D eigenvalue weighted by Crippen LogP contribution is 2.08. The molecule has 0 N–H and O–H groups in total. The van der Waals surface area contributed by atoms with Crippen LogP contribution in [0.3, 0.4) is 0 Å². The molecule has 0 saturated carbocycles. The smallest absolute Gasteiger partial charge is 0.0166 e.